The molecule has 3 aromatic rings. The van der Waals surface area contributed by atoms with Gasteiger partial charge in [-0.3, -0.25) is 9.48 Å². The van der Waals surface area contributed by atoms with Gasteiger partial charge < -0.3 is 0 Å². The van der Waals surface area contributed by atoms with Crippen molar-refractivity contribution in [1.29, 1.82) is 0 Å². The first-order chi connectivity index (χ1) is 12.4. The molecule has 0 unspecified atom stereocenters. The molecule has 0 N–H and O–H groups in total. The molecule has 0 aliphatic heterocycles. The summed E-state index contributed by atoms with van der Waals surface area (Å²) in [4.78, 5) is 12.6. The molecule has 0 bridgehead atoms. The van der Waals surface area contributed by atoms with Crippen molar-refractivity contribution in [3.05, 3.63) is 87.7 Å². The van der Waals surface area contributed by atoms with Crippen molar-refractivity contribution in [1.82, 2.24) is 9.78 Å². The summed E-state index contributed by atoms with van der Waals surface area (Å²) in [5.41, 5.74) is 7.32. The molecule has 132 valence electrons. The summed E-state index contributed by atoms with van der Waals surface area (Å²) < 4.78 is 1.66. The number of carbonyl (C=O) groups excluding carboxylic acids is 1. The van der Waals surface area contributed by atoms with Gasteiger partial charge in [-0.25, -0.2) is 0 Å². The Balaban J connectivity index is 1.76. The molecule has 1 aromatic heterocycles. The lowest BCUT2D eigenvalue weighted by Crippen LogP contribution is -2.10. The molecular formula is C23H24N2O. The van der Waals surface area contributed by atoms with E-state index in [1.807, 2.05) is 38.2 Å². The topological polar surface area (TPSA) is 34.9 Å². The Kier molecular flexibility index (Phi) is 5.17. The fourth-order valence-electron chi connectivity index (χ4n) is 3.12. The van der Waals surface area contributed by atoms with E-state index in [-0.39, 0.29) is 5.78 Å². The summed E-state index contributed by atoms with van der Waals surface area (Å²) in [5, 5.41) is 4.26. The lowest BCUT2D eigenvalue weighted by Gasteiger charge is -2.07. The van der Waals surface area contributed by atoms with Crippen molar-refractivity contribution in [3.63, 3.8) is 0 Å². The third-order valence-corrected chi connectivity index (χ3v) is 4.65. The summed E-state index contributed by atoms with van der Waals surface area (Å²) in [6.45, 7) is 6.07. The van der Waals surface area contributed by atoms with Crippen LogP contribution in [0.3, 0.4) is 0 Å². The molecule has 0 saturated carbocycles. The second-order valence-corrected chi connectivity index (χ2v) is 6.77. The molecule has 3 rings (SSSR count). The van der Waals surface area contributed by atoms with Gasteiger partial charge in [-0.1, -0.05) is 54.6 Å². The number of Topliss-reactive ketones (excluding diaryl/α,β-unsaturated/α-hetero) is 1. The minimum Gasteiger partial charge on any atom is -0.292 e. The number of hydrogen-bond donors (Lipinski definition) is 0. The quantitative estimate of drug-likeness (QED) is 0.485. The Morgan fingerprint density at radius 3 is 2.42 bits per heavy atom. The van der Waals surface area contributed by atoms with E-state index in [1.165, 1.54) is 11.1 Å². The first kappa shape index (κ1) is 17.9. The molecule has 0 fully saturated rings. The predicted molar refractivity (Wildman–Crippen MR) is 107 cm³/mol. The molecule has 1 heterocycles. The van der Waals surface area contributed by atoms with Crippen molar-refractivity contribution >= 4 is 17.9 Å². The maximum Gasteiger partial charge on any atom is 0.185 e. The van der Waals surface area contributed by atoms with Crippen molar-refractivity contribution in [2.24, 2.45) is 7.05 Å². The smallest absolute Gasteiger partial charge is 0.185 e. The van der Waals surface area contributed by atoms with Crippen LogP contribution >= 0.6 is 0 Å². The van der Waals surface area contributed by atoms with Crippen LogP contribution in [-0.4, -0.2) is 15.6 Å². The zero-order valence-electron chi connectivity index (χ0n) is 15.8. The maximum atomic E-state index is 12.6. The van der Waals surface area contributed by atoms with E-state index in [9.17, 15) is 4.79 Å². The molecule has 2 aromatic carbocycles. The highest BCUT2D eigenvalue weighted by Crippen LogP contribution is 2.17. The average molecular weight is 344 g/mol. The van der Waals surface area contributed by atoms with Crippen LogP contribution < -0.4 is 0 Å². The van der Waals surface area contributed by atoms with Gasteiger partial charge in [-0.15, -0.1) is 0 Å². The lowest BCUT2D eigenvalue weighted by molar-refractivity contribution is 0.0984. The highest BCUT2D eigenvalue weighted by molar-refractivity contribution is 5.96. The van der Waals surface area contributed by atoms with Gasteiger partial charge in [-0.2, -0.15) is 5.10 Å². The van der Waals surface area contributed by atoms with Crippen LogP contribution in [0.25, 0.3) is 12.2 Å². The summed E-state index contributed by atoms with van der Waals surface area (Å²) in [7, 11) is 1.81. The molecule has 0 atom stereocenters. The van der Waals surface area contributed by atoms with Crippen molar-refractivity contribution in [2.45, 2.75) is 27.2 Å². The number of aryl methyl sites for hydroxylation is 4. The highest BCUT2D eigenvalue weighted by atomic mass is 16.1. The molecular weight excluding hydrogens is 320 g/mol. The van der Waals surface area contributed by atoms with E-state index in [1.54, 1.807) is 4.68 Å². The number of nitrogens with zero attached hydrogens (tertiary/aromatic N) is 2. The summed E-state index contributed by atoms with van der Waals surface area (Å²) in [5.74, 6) is 0.0967. The van der Waals surface area contributed by atoms with E-state index in [0.717, 1.165) is 22.4 Å². The Morgan fingerprint density at radius 2 is 1.77 bits per heavy atom. The van der Waals surface area contributed by atoms with Crippen molar-refractivity contribution in [3.8, 4) is 0 Å². The molecule has 0 aliphatic rings. The number of aromatic nitrogens is 2. The highest BCUT2D eigenvalue weighted by Gasteiger charge is 2.13. The number of hydrogen-bond acceptors (Lipinski definition) is 2. The molecule has 0 radical (unpaired) electrons. The third kappa shape index (κ3) is 3.99. The normalized spacial score (nSPS) is 11.2. The lowest BCUT2D eigenvalue weighted by atomic mass is 9.99. The molecule has 3 nitrogen and oxygen atoms in total. The van der Waals surface area contributed by atoms with Crippen molar-refractivity contribution < 1.29 is 4.79 Å². The first-order valence-corrected chi connectivity index (χ1v) is 8.81. The summed E-state index contributed by atoms with van der Waals surface area (Å²) in [6, 6.07) is 16.4. The Hall–Kier alpha value is -2.94. The predicted octanol–water partition coefficient (Wildman–Crippen LogP) is 4.94. The molecule has 0 amide bonds. The van der Waals surface area contributed by atoms with Gasteiger partial charge >= 0.3 is 0 Å². The Morgan fingerprint density at radius 1 is 1.00 bits per heavy atom. The number of rotatable bonds is 5. The minimum atomic E-state index is 0.0967. The number of benzene rings is 2. The minimum absolute atomic E-state index is 0.0967. The monoisotopic (exact) mass is 344 g/mol. The van der Waals surface area contributed by atoms with Crippen LogP contribution in [0.5, 0.6) is 0 Å². The van der Waals surface area contributed by atoms with Gasteiger partial charge in [0.2, 0.25) is 0 Å². The van der Waals surface area contributed by atoms with E-state index >= 15 is 0 Å². The molecule has 3 heteroatoms. The Labute approximate surface area is 155 Å². The third-order valence-electron chi connectivity index (χ3n) is 4.65. The zero-order valence-corrected chi connectivity index (χ0v) is 15.8. The van der Waals surface area contributed by atoms with Gasteiger partial charge in [0, 0.05) is 13.5 Å². The van der Waals surface area contributed by atoms with E-state index in [2.05, 4.69) is 55.4 Å². The second kappa shape index (κ2) is 7.52. The van der Waals surface area contributed by atoms with Crippen molar-refractivity contribution in [2.75, 3.05) is 0 Å². The SMILES string of the molecule is Cc1cc(C(=O)Cc2ccc(/C=C/c3ccccc3C)cc2C)n(C)n1. The number of carbonyl (C=O) groups is 1. The largest absolute Gasteiger partial charge is 0.292 e. The van der Waals surface area contributed by atoms with Crippen LogP contribution in [-0.2, 0) is 13.5 Å². The molecule has 26 heavy (non-hydrogen) atoms. The van der Waals surface area contributed by atoms with Crippen LogP contribution in [0, 0.1) is 20.8 Å². The Bertz CT molecular complexity index is 980. The van der Waals surface area contributed by atoms with E-state index in [0.29, 0.717) is 12.1 Å². The summed E-state index contributed by atoms with van der Waals surface area (Å²) in [6.07, 6.45) is 4.64. The molecule has 0 spiro atoms. The average Bonchev–Trinajstić information content (AvgIpc) is 2.95. The fourth-order valence-corrected chi connectivity index (χ4v) is 3.12. The van der Waals surface area contributed by atoms with Crippen LogP contribution in [0.4, 0.5) is 0 Å². The molecule has 0 aliphatic carbocycles. The van der Waals surface area contributed by atoms with Crippen LogP contribution in [0.15, 0.2) is 48.5 Å². The first-order valence-electron chi connectivity index (χ1n) is 8.81. The maximum absolute atomic E-state index is 12.6. The van der Waals surface area contributed by atoms with Gasteiger partial charge in [0.05, 0.1) is 5.69 Å². The van der Waals surface area contributed by atoms with E-state index < -0.39 is 0 Å². The number of ketones is 1. The van der Waals surface area contributed by atoms with Gasteiger partial charge in [-0.05, 0) is 54.7 Å². The van der Waals surface area contributed by atoms with E-state index in [4.69, 9.17) is 0 Å². The van der Waals surface area contributed by atoms with Gasteiger partial charge in [0.1, 0.15) is 5.69 Å². The summed E-state index contributed by atoms with van der Waals surface area (Å²) >= 11 is 0. The molecule has 0 saturated heterocycles. The fraction of sp³-hybridized carbons (Fsp3) is 0.217. The standard InChI is InChI=1S/C23H24N2O/c1-16-7-5-6-8-20(16)11-9-19-10-12-21(17(2)13-19)15-23(26)22-14-18(3)24-25(22)4/h5-14H,15H2,1-4H3/b11-9+. The zero-order chi connectivity index (χ0) is 18.7. The van der Waals surface area contributed by atoms with Crippen LogP contribution in [0.1, 0.15) is 44.0 Å². The van der Waals surface area contributed by atoms with Gasteiger partial charge in [0.25, 0.3) is 0 Å². The van der Waals surface area contributed by atoms with Gasteiger partial charge in [0.15, 0.2) is 5.78 Å². The second-order valence-electron chi connectivity index (χ2n) is 6.77. The van der Waals surface area contributed by atoms with Crippen LogP contribution in [0.2, 0.25) is 0 Å².